The molecule has 0 saturated carbocycles. The van der Waals surface area contributed by atoms with E-state index >= 15 is 0 Å². The van der Waals surface area contributed by atoms with Gasteiger partial charge in [0.15, 0.2) is 0 Å². The molecule has 56 valence electrons. The lowest BCUT2D eigenvalue weighted by molar-refractivity contribution is -0.136. The molecule has 0 aliphatic carbocycles. The van der Waals surface area contributed by atoms with Crippen LogP contribution in [0.25, 0.3) is 0 Å². The van der Waals surface area contributed by atoms with E-state index in [4.69, 9.17) is 9.47 Å². The highest BCUT2D eigenvalue weighted by atomic mass is 16.7. The Morgan fingerprint density at radius 2 is 2.36 bits per heavy atom. The lowest BCUT2D eigenvalue weighted by Gasteiger charge is -2.08. The molecular formula is C8H6O3. The minimum absolute atomic E-state index is 0.283. The number of carbonyl (C=O) groups is 1. The van der Waals surface area contributed by atoms with Crippen LogP contribution in [0.2, 0.25) is 0 Å². The van der Waals surface area contributed by atoms with Crippen LogP contribution in [0.4, 0.5) is 0 Å². The monoisotopic (exact) mass is 150 g/mol. The molecule has 0 radical (unpaired) electrons. The molecule has 0 aromatic carbocycles. The molecule has 2 rings (SSSR count). The van der Waals surface area contributed by atoms with Gasteiger partial charge in [-0.2, -0.15) is 0 Å². The van der Waals surface area contributed by atoms with Crippen molar-refractivity contribution in [1.29, 1.82) is 0 Å². The number of ether oxygens (including phenoxy) is 2. The quantitative estimate of drug-likeness (QED) is 0.521. The predicted molar refractivity (Wildman–Crippen MR) is 37.3 cm³/mol. The van der Waals surface area contributed by atoms with Crippen LogP contribution < -0.4 is 0 Å². The molecule has 3 heteroatoms. The molecule has 1 fully saturated rings. The minimum atomic E-state index is -0.576. The zero-order chi connectivity index (χ0) is 7.84. The molecule has 0 aromatic rings. The smallest absolute Gasteiger partial charge is 0.360 e. The maximum Gasteiger partial charge on any atom is 0.360 e. The van der Waals surface area contributed by atoms with Crippen molar-refractivity contribution in [3.63, 3.8) is 0 Å². The van der Waals surface area contributed by atoms with Crippen LogP contribution >= 0.6 is 0 Å². The zero-order valence-corrected chi connectivity index (χ0v) is 5.74. The topological polar surface area (TPSA) is 35.5 Å². The van der Waals surface area contributed by atoms with Gasteiger partial charge in [-0.1, -0.05) is 12.7 Å². The number of allylic oxidation sites excluding steroid dienone is 2. The highest BCUT2D eigenvalue weighted by Crippen LogP contribution is 2.27. The first-order valence-corrected chi connectivity index (χ1v) is 3.24. The second kappa shape index (κ2) is 1.99. The van der Waals surface area contributed by atoms with Gasteiger partial charge in [0, 0.05) is 11.6 Å². The van der Waals surface area contributed by atoms with Crippen LogP contribution in [0.3, 0.4) is 0 Å². The SMILES string of the molecule is C=CC1=CC=C2OC(=O)C1O2. The molecule has 1 unspecified atom stereocenters. The fraction of sp³-hybridized carbons (Fsp3) is 0.125. The first-order chi connectivity index (χ1) is 5.31. The Labute approximate surface area is 63.6 Å². The molecule has 0 spiro atoms. The van der Waals surface area contributed by atoms with E-state index in [0.29, 0.717) is 0 Å². The summed E-state index contributed by atoms with van der Waals surface area (Å²) in [7, 11) is 0. The highest BCUT2D eigenvalue weighted by Gasteiger charge is 2.36. The van der Waals surface area contributed by atoms with Crippen molar-refractivity contribution in [2.24, 2.45) is 0 Å². The molecule has 2 bridgehead atoms. The van der Waals surface area contributed by atoms with Crippen molar-refractivity contribution < 1.29 is 14.3 Å². The van der Waals surface area contributed by atoms with Gasteiger partial charge in [-0.05, 0) is 6.08 Å². The second-order valence-corrected chi connectivity index (χ2v) is 2.28. The van der Waals surface area contributed by atoms with Gasteiger partial charge >= 0.3 is 5.97 Å². The van der Waals surface area contributed by atoms with Gasteiger partial charge < -0.3 is 9.47 Å². The van der Waals surface area contributed by atoms with Gasteiger partial charge in [-0.15, -0.1) is 0 Å². The van der Waals surface area contributed by atoms with Crippen LogP contribution in [0.5, 0.6) is 0 Å². The number of esters is 1. The Balaban J connectivity index is 2.42. The van der Waals surface area contributed by atoms with Crippen LogP contribution in [0.1, 0.15) is 0 Å². The van der Waals surface area contributed by atoms with Crippen molar-refractivity contribution >= 4 is 5.97 Å². The Morgan fingerprint density at radius 1 is 1.55 bits per heavy atom. The van der Waals surface area contributed by atoms with Gasteiger partial charge in [-0.3, -0.25) is 0 Å². The number of rotatable bonds is 1. The second-order valence-electron chi connectivity index (χ2n) is 2.28. The third-order valence-electron chi connectivity index (χ3n) is 1.60. The molecule has 1 saturated heterocycles. The van der Waals surface area contributed by atoms with Gasteiger partial charge in [-0.25, -0.2) is 4.79 Å². The predicted octanol–water partition coefficient (Wildman–Crippen LogP) is 0.896. The molecule has 2 aliphatic rings. The Morgan fingerprint density at radius 3 is 3.09 bits per heavy atom. The lowest BCUT2D eigenvalue weighted by Crippen LogP contribution is -2.18. The molecule has 0 aromatic heterocycles. The zero-order valence-electron chi connectivity index (χ0n) is 5.74. The summed E-state index contributed by atoms with van der Waals surface area (Å²) in [5, 5.41) is 0. The molecule has 0 amide bonds. The molecule has 2 heterocycles. The summed E-state index contributed by atoms with van der Waals surface area (Å²) < 4.78 is 9.78. The van der Waals surface area contributed by atoms with Crippen molar-refractivity contribution in [3.05, 3.63) is 36.3 Å². The average Bonchev–Trinajstić information content (AvgIpc) is 2.30. The van der Waals surface area contributed by atoms with Gasteiger partial charge in [0.05, 0.1) is 0 Å². The molecule has 1 atom stereocenters. The largest absolute Gasteiger partial charge is 0.445 e. The van der Waals surface area contributed by atoms with Crippen molar-refractivity contribution in [3.8, 4) is 0 Å². The Bertz CT molecular complexity index is 286. The fourth-order valence-corrected chi connectivity index (χ4v) is 1.05. The number of hydrogen-bond acceptors (Lipinski definition) is 3. The van der Waals surface area contributed by atoms with Crippen molar-refractivity contribution in [2.75, 3.05) is 0 Å². The van der Waals surface area contributed by atoms with E-state index in [1.165, 1.54) is 0 Å². The maximum absolute atomic E-state index is 10.9. The Kier molecular flexibility index (Phi) is 1.12. The van der Waals surface area contributed by atoms with Crippen LogP contribution in [-0.4, -0.2) is 12.1 Å². The van der Waals surface area contributed by atoms with E-state index in [-0.39, 0.29) is 11.9 Å². The molecule has 0 N–H and O–H groups in total. The average molecular weight is 150 g/mol. The summed E-state index contributed by atoms with van der Waals surface area (Å²) in [5.74, 6) is -0.0782. The van der Waals surface area contributed by atoms with Crippen molar-refractivity contribution in [2.45, 2.75) is 6.10 Å². The molecular weight excluding hydrogens is 144 g/mol. The van der Waals surface area contributed by atoms with Crippen LogP contribution in [0.15, 0.2) is 36.3 Å². The minimum Gasteiger partial charge on any atom is -0.445 e. The van der Waals surface area contributed by atoms with E-state index < -0.39 is 6.10 Å². The summed E-state index contributed by atoms with van der Waals surface area (Å²) in [5.41, 5.74) is 0.747. The third kappa shape index (κ3) is 0.774. The normalized spacial score (nSPS) is 26.5. The van der Waals surface area contributed by atoms with Crippen LogP contribution in [0, 0.1) is 0 Å². The van der Waals surface area contributed by atoms with E-state index in [2.05, 4.69) is 6.58 Å². The molecule has 2 aliphatic heterocycles. The number of fused-ring (bicyclic) bond motifs is 2. The highest BCUT2D eigenvalue weighted by molar-refractivity contribution is 5.83. The van der Waals surface area contributed by atoms with Gasteiger partial charge in [0.2, 0.25) is 6.10 Å². The van der Waals surface area contributed by atoms with Gasteiger partial charge in [0.1, 0.15) is 0 Å². The number of hydrogen-bond donors (Lipinski definition) is 0. The van der Waals surface area contributed by atoms with Crippen molar-refractivity contribution in [1.82, 2.24) is 0 Å². The van der Waals surface area contributed by atoms with E-state index in [0.717, 1.165) is 5.57 Å². The van der Waals surface area contributed by atoms with E-state index in [9.17, 15) is 4.79 Å². The molecule has 11 heavy (non-hydrogen) atoms. The Hall–Kier alpha value is -1.51. The fourth-order valence-electron chi connectivity index (χ4n) is 1.05. The maximum atomic E-state index is 10.9. The van der Waals surface area contributed by atoms with Gasteiger partial charge in [0.25, 0.3) is 5.95 Å². The lowest BCUT2D eigenvalue weighted by atomic mass is 10.1. The summed E-state index contributed by atoms with van der Waals surface area (Å²) in [6.45, 7) is 3.55. The summed E-state index contributed by atoms with van der Waals surface area (Å²) in [6, 6.07) is 0. The van der Waals surface area contributed by atoms with E-state index in [1.807, 2.05) is 0 Å². The molecule has 3 nitrogen and oxygen atoms in total. The van der Waals surface area contributed by atoms with Crippen LogP contribution in [-0.2, 0) is 14.3 Å². The summed E-state index contributed by atoms with van der Waals surface area (Å²) >= 11 is 0. The summed E-state index contributed by atoms with van der Waals surface area (Å²) in [6.07, 6.45) is 4.39. The standard InChI is InChI=1S/C8H6O3/c1-2-5-3-4-6-10-7(5)8(9)11-6/h2-4,7H,1H2. The first-order valence-electron chi connectivity index (χ1n) is 3.24. The summed E-state index contributed by atoms with van der Waals surface area (Å²) in [4.78, 5) is 10.9. The number of carbonyl (C=O) groups excluding carboxylic acids is 1. The first kappa shape index (κ1) is 6.22. The third-order valence-corrected chi connectivity index (χ3v) is 1.60. The van der Waals surface area contributed by atoms with E-state index in [1.54, 1.807) is 18.2 Å².